The van der Waals surface area contributed by atoms with Crippen LogP contribution in [0.2, 0.25) is 0 Å². The number of hydrogen-bond donors (Lipinski definition) is 2. The van der Waals surface area contributed by atoms with E-state index in [4.69, 9.17) is 5.73 Å². The van der Waals surface area contributed by atoms with Gasteiger partial charge >= 0.3 is 0 Å². The van der Waals surface area contributed by atoms with E-state index in [0.717, 1.165) is 96.8 Å². The smallest absolute Gasteiger partial charge is 0.248 e. The van der Waals surface area contributed by atoms with Gasteiger partial charge in [-0.15, -0.1) is 6.58 Å². The summed E-state index contributed by atoms with van der Waals surface area (Å²) in [7, 11) is 0. The lowest BCUT2D eigenvalue weighted by atomic mass is 9.90. The van der Waals surface area contributed by atoms with E-state index in [-0.39, 0.29) is 12.1 Å². The van der Waals surface area contributed by atoms with Crippen LogP contribution >= 0.6 is 0 Å². The van der Waals surface area contributed by atoms with Crippen molar-refractivity contribution in [1.29, 1.82) is 0 Å². The molecule has 42 heavy (non-hydrogen) atoms. The van der Waals surface area contributed by atoms with E-state index in [9.17, 15) is 9.90 Å². The number of hydrogen-bond acceptors (Lipinski definition) is 6. The highest BCUT2D eigenvalue weighted by Gasteiger charge is 2.20. The second-order valence-corrected chi connectivity index (χ2v) is 12.3. The normalized spacial score (nSPS) is 16.2. The number of carbonyl (C=O) groups is 1. The van der Waals surface area contributed by atoms with Gasteiger partial charge in [0.05, 0.1) is 0 Å². The van der Waals surface area contributed by atoms with Gasteiger partial charge in [0.15, 0.2) is 0 Å². The summed E-state index contributed by atoms with van der Waals surface area (Å²) in [6.07, 6.45) is 11.8. The van der Waals surface area contributed by atoms with Crippen molar-refractivity contribution in [3.63, 3.8) is 0 Å². The minimum atomic E-state index is -0.377. The number of nitrogens with two attached hydrogens (primary N) is 1. The third-order valence-electron chi connectivity index (χ3n) is 8.69. The van der Waals surface area contributed by atoms with Crippen LogP contribution in [-0.2, 0) is 6.42 Å². The zero-order valence-corrected chi connectivity index (χ0v) is 27.5. The molecule has 0 bridgehead atoms. The summed E-state index contributed by atoms with van der Waals surface area (Å²) in [5.41, 5.74) is 10.1. The number of allylic oxidation sites excluding steroid dienone is 1. The summed E-state index contributed by atoms with van der Waals surface area (Å²) >= 11 is 0. The highest BCUT2D eigenvalue weighted by atomic mass is 16.3. The van der Waals surface area contributed by atoms with Gasteiger partial charge < -0.3 is 20.6 Å². The molecule has 1 amide bonds. The molecule has 3 N–H and O–H groups in total. The molecule has 238 valence electrons. The molecule has 2 unspecified atom stereocenters. The summed E-state index contributed by atoms with van der Waals surface area (Å²) in [5, 5.41) is 10.0. The number of anilines is 1. The predicted molar refractivity (Wildman–Crippen MR) is 179 cm³/mol. The fraction of sp³-hybridized carbons (Fsp3) is 0.686. The Kier molecular flexibility index (Phi) is 17.1. The van der Waals surface area contributed by atoms with Gasteiger partial charge in [0.25, 0.3) is 0 Å². The first-order chi connectivity index (χ1) is 20.2. The summed E-state index contributed by atoms with van der Waals surface area (Å²) in [4.78, 5) is 21.9. The third kappa shape index (κ3) is 13.0. The Balaban J connectivity index is 2.23. The highest BCUT2D eigenvalue weighted by molar-refractivity contribution is 5.94. The van der Waals surface area contributed by atoms with Crippen LogP contribution in [0.5, 0.6) is 0 Å². The van der Waals surface area contributed by atoms with Gasteiger partial charge in [0.2, 0.25) is 5.91 Å². The topological polar surface area (TPSA) is 76.3 Å². The van der Waals surface area contributed by atoms with Gasteiger partial charge in [-0.1, -0.05) is 63.3 Å². The van der Waals surface area contributed by atoms with E-state index < -0.39 is 0 Å². The molecule has 0 aromatic heterocycles. The minimum Gasteiger partial charge on any atom is -0.379 e. The van der Waals surface area contributed by atoms with E-state index in [2.05, 4.69) is 66.0 Å². The number of unbranched alkanes of at least 4 members (excludes halogenated alkanes) is 1. The van der Waals surface area contributed by atoms with E-state index >= 15 is 0 Å². The second-order valence-electron chi connectivity index (χ2n) is 12.3. The Bertz CT molecular complexity index is 959. The highest BCUT2D eigenvalue weighted by Crippen LogP contribution is 2.28. The zero-order chi connectivity index (χ0) is 30.9. The molecule has 2 rings (SSSR count). The van der Waals surface area contributed by atoms with Crippen LogP contribution in [0.15, 0.2) is 42.5 Å². The third-order valence-corrected chi connectivity index (χ3v) is 8.69. The van der Waals surface area contributed by atoms with Crippen LogP contribution in [0.25, 0.3) is 0 Å². The van der Waals surface area contributed by atoms with Crippen LogP contribution in [0.3, 0.4) is 0 Å². The molecule has 1 saturated heterocycles. The Morgan fingerprint density at radius 1 is 1.12 bits per heavy atom. The molecule has 1 aromatic rings. The van der Waals surface area contributed by atoms with Crippen LogP contribution < -0.4 is 10.6 Å². The second kappa shape index (κ2) is 19.9. The van der Waals surface area contributed by atoms with Crippen molar-refractivity contribution in [2.24, 2.45) is 11.7 Å². The Morgan fingerprint density at radius 3 is 2.55 bits per heavy atom. The summed E-state index contributed by atoms with van der Waals surface area (Å²) in [6, 6.07) is 6.07. The van der Waals surface area contributed by atoms with Crippen molar-refractivity contribution in [3.05, 3.63) is 53.6 Å². The minimum absolute atomic E-state index is 0.374. The van der Waals surface area contributed by atoms with Crippen LogP contribution in [0, 0.1) is 5.92 Å². The number of benzene rings is 1. The van der Waals surface area contributed by atoms with Crippen LogP contribution in [-0.4, -0.2) is 97.4 Å². The number of amides is 1. The monoisotopic (exact) mass is 583 g/mol. The zero-order valence-electron chi connectivity index (χ0n) is 27.5. The van der Waals surface area contributed by atoms with Gasteiger partial charge in [-0.3, -0.25) is 14.6 Å². The van der Waals surface area contributed by atoms with Gasteiger partial charge in [-0.05, 0) is 70.2 Å². The molecule has 0 aliphatic carbocycles. The van der Waals surface area contributed by atoms with E-state index in [1.165, 1.54) is 30.4 Å². The maximum absolute atomic E-state index is 12.2. The van der Waals surface area contributed by atoms with Crippen molar-refractivity contribution in [1.82, 2.24) is 14.7 Å². The van der Waals surface area contributed by atoms with E-state index in [0.29, 0.717) is 11.5 Å². The molecule has 0 radical (unpaired) electrons. The van der Waals surface area contributed by atoms with E-state index in [1.807, 2.05) is 25.1 Å². The molecule has 1 aliphatic heterocycles. The standard InChI is InChI=1S/C35H61N5O2/c1-7-10-13-31(9-3)27-32-14-15-33(35(36)42)28-34(32)40(18-11-8-2)26-24-38(20-16-29(4)5)22-21-37-17-12-19-39(25-23-37)30(6)41/h8,14-16,28,30-31,41H,2,7,9-13,17-27H2,1,3-6H3,(H2,36,42). The lowest BCUT2D eigenvalue weighted by molar-refractivity contribution is 0.0216. The van der Waals surface area contributed by atoms with Crippen molar-refractivity contribution in [2.45, 2.75) is 85.8 Å². The summed E-state index contributed by atoms with van der Waals surface area (Å²) in [5.74, 6) is 0.262. The Morgan fingerprint density at radius 2 is 1.90 bits per heavy atom. The van der Waals surface area contributed by atoms with Gasteiger partial charge in [0, 0.05) is 70.2 Å². The van der Waals surface area contributed by atoms with E-state index in [1.54, 1.807) is 0 Å². The van der Waals surface area contributed by atoms with Crippen LogP contribution in [0.1, 0.15) is 89.1 Å². The largest absolute Gasteiger partial charge is 0.379 e. The number of primary amides is 1. The Labute approximate surface area is 257 Å². The first-order valence-corrected chi connectivity index (χ1v) is 16.5. The molecule has 1 aromatic carbocycles. The average Bonchev–Trinajstić information content (AvgIpc) is 3.22. The molecular weight excluding hydrogens is 522 g/mol. The molecule has 0 saturated carbocycles. The number of nitrogens with zero attached hydrogens (tertiary/aromatic N) is 4. The van der Waals surface area contributed by atoms with Crippen molar-refractivity contribution in [3.8, 4) is 0 Å². The first-order valence-electron chi connectivity index (χ1n) is 16.5. The van der Waals surface area contributed by atoms with Gasteiger partial charge in [-0.25, -0.2) is 0 Å². The quantitative estimate of drug-likeness (QED) is 0.196. The molecule has 0 spiro atoms. The molecular formula is C35H61N5O2. The van der Waals surface area contributed by atoms with Crippen molar-refractivity contribution < 1.29 is 9.90 Å². The van der Waals surface area contributed by atoms with Crippen molar-refractivity contribution in [2.75, 3.05) is 70.3 Å². The molecule has 1 heterocycles. The van der Waals surface area contributed by atoms with Crippen LogP contribution in [0.4, 0.5) is 5.69 Å². The summed E-state index contributed by atoms with van der Waals surface area (Å²) in [6.45, 7) is 24.3. The fourth-order valence-corrected chi connectivity index (χ4v) is 5.78. The fourth-order valence-electron chi connectivity index (χ4n) is 5.78. The maximum atomic E-state index is 12.2. The Hall–Kier alpha value is -2.19. The molecule has 1 fully saturated rings. The SMILES string of the molecule is C=CCCN(CCN(CC=C(C)C)CCN1CCCN(C(C)O)CC1)c1cc(C(N)=O)ccc1CC(CC)CCCC. The lowest BCUT2D eigenvalue weighted by Gasteiger charge is -2.32. The first kappa shape index (κ1) is 36.0. The van der Waals surface area contributed by atoms with Gasteiger partial charge in [0.1, 0.15) is 6.23 Å². The number of carbonyl (C=O) groups excluding carboxylic acids is 1. The molecule has 7 nitrogen and oxygen atoms in total. The number of aliphatic hydroxyl groups excluding tert-OH is 1. The lowest BCUT2D eigenvalue weighted by Crippen LogP contribution is -2.42. The number of aliphatic hydroxyl groups is 1. The van der Waals surface area contributed by atoms with Crippen molar-refractivity contribution >= 4 is 11.6 Å². The predicted octanol–water partition coefficient (Wildman–Crippen LogP) is 5.54. The molecule has 7 heteroatoms. The maximum Gasteiger partial charge on any atom is 0.248 e. The summed E-state index contributed by atoms with van der Waals surface area (Å²) < 4.78 is 0. The van der Waals surface area contributed by atoms with Gasteiger partial charge in [-0.2, -0.15) is 0 Å². The average molecular weight is 584 g/mol. The molecule has 2 atom stereocenters. The number of rotatable bonds is 20. The molecule has 1 aliphatic rings.